The number of hydrogen-bond donors (Lipinski definition) is 1. The number of amides is 1. The molecule has 11 heteroatoms. The highest BCUT2D eigenvalue weighted by atomic mass is 19.1. The monoisotopic (exact) mass is 550 g/mol. The van der Waals surface area contributed by atoms with Crippen LogP contribution in [-0.4, -0.2) is 52.9 Å². The first-order chi connectivity index (χ1) is 20.0. The fourth-order valence-electron chi connectivity index (χ4n) is 6.12. The Morgan fingerprint density at radius 2 is 2.05 bits per heavy atom. The molecule has 10 nitrogen and oxygen atoms in total. The van der Waals surface area contributed by atoms with E-state index in [1.165, 1.54) is 18.7 Å². The number of anilines is 2. The van der Waals surface area contributed by atoms with E-state index in [0.29, 0.717) is 45.5 Å². The van der Waals surface area contributed by atoms with Crippen molar-refractivity contribution in [3.8, 4) is 11.5 Å². The summed E-state index contributed by atoms with van der Waals surface area (Å²) in [6.45, 7) is 6.11. The molecule has 1 N–H and O–H groups in total. The van der Waals surface area contributed by atoms with E-state index in [1.54, 1.807) is 41.9 Å². The van der Waals surface area contributed by atoms with E-state index in [-0.39, 0.29) is 23.6 Å². The van der Waals surface area contributed by atoms with E-state index in [2.05, 4.69) is 31.9 Å². The number of nitrogens with one attached hydrogen (secondary N) is 1. The number of halogens is 1. The second-order valence-corrected chi connectivity index (χ2v) is 10.6. The summed E-state index contributed by atoms with van der Waals surface area (Å²) in [6, 6.07) is 10.8. The summed E-state index contributed by atoms with van der Waals surface area (Å²) in [6.07, 6.45) is 9.03. The number of benzene rings is 1. The van der Waals surface area contributed by atoms with Gasteiger partial charge < -0.3 is 15.0 Å². The van der Waals surface area contributed by atoms with Crippen molar-refractivity contribution in [1.82, 2.24) is 34.4 Å². The second kappa shape index (κ2) is 9.92. The van der Waals surface area contributed by atoms with Crippen LogP contribution in [0, 0.1) is 18.7 Å². The minimum absolute atomic E-state index is 0.0340. The smallest absolute Gasteiger partial charge is 0.246 e. The molecule has 1 aliphatic carbocycles. The molecular formula is C30H27FN8O2. The summed E-state index contributed by atoms with van der Waals surface area (Å²) in [5, 5.41) is 7.20. The topological polar surface area (TPSA) is 110 Å². The third-order valence-corrected chi connectivity index (χ3v) is 8.19. The van der Waals surface area contributed by atoms with Crippen LogP contribution in [0.15, 0.2) is 67.9 Å². The molecule has 41 heavy (non-hydrogen) atoms. The first-order valence-corrected chi connectivity index (χ1v) is 13.6. The van der Waals surface area contributed by atoms with Crippen LogP contribution in [0.1, 0.15) is 36.4 Å². The van der Waals surface area contributed by atoms with E-state index in [9.17, 15) is 4.79 Å². The summed E-state index contributed by atoms with van der Waals surface area (Å²) >= 11 is 0. The Bertz CT molecular complexity index is 1820. The number of hydrogen-bond acceptors (Lipinski definition) is 8. The number of fused-ring (bicyclic) bond motifs is 5. The number of nitrogens with zero attached hydrogens (tertiary/aromatic N) is 7. The molecule has 2 aliphatic heterocycles. The number of carbonyl (C=O) groups excluding carboxylic acids is 1. The van der Waals surface area contributed by atoms with Gasteiger partial charge in [0.15, 0.2) is 17.3 Å². The molecule has 8 rings (SSSR count). The minimum atomic E-state index is -0.461. The number of carbonyl (C=O) groups is 1. The maximum atomic E-state index is 15.6. The van der Waals surface area contributed by atoms with Gasteiger partial charge in [0.25, 0.3) is 0 Å². The number of pyridine rings is 2. The standard InChI is InChI=1S/C30H27FN8O2/c1-3-27(40)38-14-18-4-8-24(38)20(12-18)21-5-6-23-29(36-21)30(34-15-32-23)37-22-7-9-25(17(2)28(22)31)41-19-10-11-39-26(13-19)33-16-35-39/h3,5-7,9-11,13,15-16,18,20,24H,1,4,8,12,14H2,2H3,(H,32,34,37)/t18-,20-,24+/m0/s1. The fourth-order valence-corrected chi connectivity index (χ4v) is 6.12. The van der Waals surface area contributed by atoms with Crippen molar-refractivity contribution in [2.24, 2.45) is 5.92 Å². The summed E-state index contributed by atoms with van der Waals surface area (Å²) in [7, 11) is 0. The van der Waals surface area contributed by atoms with Crippen LogP contribution in [0.25, 0.3) is 16.7 Å². The second-order valence-electron chi connectivity index (χ2n) is 10.6. The zero-order chi connectivity index (χ0) is 28.1. The zero-order valence-corrected chi connectivity index (χ0v) is 22.4. The molecule has 6 heterocycles. The van der Waals surface area contributed by atoms with Crippen LogP contribution in [-0.2, 0) is 4.79 Å². The van der Waals surface area contributed by atoms with E-state index < -0.39 is 5.82 Å². The lowest BCUT2D eigenvalue weighted by Crippen LogP contribution is -2.54. The van der Waals surface area contributed by atoms with Crippen LogP contribution >= 0.6 is 0 Å². The Morgan fingerprint density at radius 1 is 1.15 bits per heavy atom. The molecule has 2 bridgehead atoms. The molecule has 1 saturated carbocycles. The van der Waals surface area contributed by atoms with Crippen LogP contribution in [0.5, 0.6) is 11.5 Å². The Balaban J connectivity index is 1.18. The number of piperidine rings is 2. The third kappa shape index (κ3) is 4.43. The van der Waals surface area contributed by atoms with Gasteiger partial charge in [-0.3, -0.25) is 4.79 Å². The number of ether oxygens (including phenoxy) is 1. The van der Waals surface area contributed by atoms with Gasteiger partial charge in [-0.05, 0) is 68.5 Å². The quantitative estimate of drug-likeness (QED) is 0.283. The number of aromatic nitrogens is 6. The van der Waals surface area contributed by atoms with Crippen molar-refractivity contribution in [2.75, 3.05) is 11.9 Å². The highest BCUT2D eigenvalue weighted by Gasteiger charge is 2.43. The van der Waals surface area contributed by atoms with Crippen LogP contribution in [0.4, 0.5) is 15.9 Å². The fraction of sp³-hybridized carbons (Fsp3) is 0.267. The van der Waals surface area contributed by atoms with E-state index >= 15 is 4.39 Å². The SMILES string of the molecule is C=CC(=O)N1C[C@H]2CC[C@@H]1[C@H](c1ccc3ncnc(Nc4ccc(Oc5ccn6ncnc6c5)c(C)c4F)c3n1)C2. The molecule has 0 radical (unpaired) electrons. The average Bonchev–Trinajstić information content (AvgIpc) is 3.48. The van der Waals surface area contributed by atoms with E-state index in [1.807, 2.05) is 17.0 Å². The van der Waals surface area contributed by atoms with Crippen molar-refractivity contribution in [1.29, 1.82) is 0 Å². The van der Waals surface area contributed by atoms with Crippen molar-refractivity contribution in [3.05, 3.63) is 85.0 Å². The summed E-state index contributed by atoms with van der Waals surface area (Å²) in [5.74, 6) is 1.36. The van der Waals surface area contributed by atoms with Gasteiger partial charge in [-0.2, -0.15) is 5.10 Å². The zero-order valence-electron chi connectivity index (χ0n) is 22.4. The van der Waals surface area contributed by atoms with Crippen LogP contribution in [0.3, 0.4) is 0 Å². The third-order valence-electron chi connectivity index (χ3n) is 8.19. The van der Waals surface area contributed by atoms with Crippen molar-refractivity contribution >= 4 is 34.1 Å². The molecule has 2 saturated heterocycles. The van der Waals surface area contributed by atoms with Crippen LogP contribution in [0.2, 0.25) is 0 Å². The van der Waals surface area contributed by atoms with Gasteiger partial charge in [-0.1, -0.05) is 6.58 Å². The molecule has 4 aromatic heterocycles. The molecule has 3 fully saturated rings. The molecular weight excluding hydrogens is 523 g/mol. The lowest BCUT2D eigenvalue weighted by atomic mass is 9.71. The predicted octanol–water partition coefficient (Wildman–Crippen LogP) is 5.33. The molecule has 1 amide bonds. The van der Waals surface area contributed by atoms with E-state index in [4.69, 9.17) is 9.72 Å². The predicted molar refractivity (Wildman–Crippen MR) is 151 cm³/mol. The summed E-state index contributed by atoms with van der Waals surface area (Å²) in [4.78, 5) is 32.4. The molecule has 1 aromatic carbocycles. The van der Waals surface area contributed by atoms with Gasteiger partial charge in [0, 0.05) is 42.0 Å². The van der Waals surface area contributed by atoms with Gasteiger partial charge in [-0.15, -0.1) is 0 Å². The largest absolute Gasteiger partial charge is 0.457 e. The van der Waals surface area contributed by atoms with E-state index in [0.717, 1.165) is 31.5 Å². The Kier molecular flexibility index (Phi) is 6.06. The maximum Gasteiger partial charge on any atom is 0.246 e. The Hall–Kier alpha value is -4.93. The molecule has 206 valence electrons. The maximum absolute atomic E-state index is 15.6. The van der Waals surface area contributed by atoms with Gasteiger partial charge in [-0.25, -0.2) is 28.8 Å². The molecule has 5 aromatic rings. The first kappa shape index (κ1) is 25.1. The molecule has 0 spiro atoms. The summed E-state index contributed by atoms with van der Waals surface area (Å²) in [5.41, 5.74) is 3.29. The van der Waals surface area contributed by atoms with Gasteiger partial charge in [0.05, 0.1) is 11.2 Å². The Morgan fingerprint density at radius 3 is 2.90 bits per heavy atom. The van der Waals surface area contributed by atoms with Crippen molar-refractivity contribution in [2.45, 2.75) is 38.1 Å². The highest BCUT2D eigenvalue weighted by Crippen LogP contribution is 2.44. The number of rotatable bonds is 6. The summed E-state index contributed by atoms with van der Waals surface area (Å²) < 4.78 is 23.2. The van der Waals surface area contributed by atoms with Gasteiger partial charge in [0.1, 0.15) is 29.7 Å². The lowest BCUT2D eigenvalue weighted by Gasteiger charge is -2.49. The van der Waals surface area contributed by atoms with Crippen molar-refractivity contribution < 1.29 is 13.9 Å². The van der Waals surface area contributed by atoms with Crippen molar-refractivity contribution in [3.63, 3.8) is 0 Å². The highest BCUT2D eigenvalue weighted by molar-refractivity contribution is 5.88. The molecule has 3 aliphatic rings. The average molecular weight is 551 g/mol. The lowest BCUT2D eigenvalue weighted by molar-refractivity contribution is -0.134. The molecule has 0 unspecified atom stereocenters. The molecule has 3 atom stereocenters. The first-order valence-electron chi connectivity index (χ1n) is 13.6. The van der Waals surface area contributed by atoms with Gasteiger partial charge in [0.2, 0.25) is 5.91 Å². The van der Waals surface area contributed by atoms with Crippen LogP contribution < -0.4 is 10.1 Å². The van der Waals surface area contributed by atoms with Gasteiger partial charge >= 0.3 is 0 Å². The minimum Gasteiger partial charge on any atom is -0.457 e. The normalized spacial score (nSPS) is 20.0. The Labute approximate surface area is 234 Å².